The Bertz CT molecular complexity index is 640. The molecule has 0 bridgehead atoms. The molecule has 144 valence electrons. The highest BCUT2D eigenvalue weighted by molar-refractivity contribution is 7.15. The van der Waals surface area contributed by atoms with Crippen LogP contribution >= 0.6 is 11.3 Å². The largest absolute Gasteiger partial charge is 0.383 e. The third kappa shape index (κ3) is 4.35. The number of aryl methyl sites for hydroxylation is 1. The fraction of sp³-hybridized carbons (Fsp3) is 0.722. The first-order valence-electron chi connectivity index (χ1n) is 9.40. The number of amides is 2. The quantitative estimate of drug-likeness (QED) is 0.747. The van der Waals surface area contributed by atoms with E-state index in [1.54, 1.807) is 18.4 Å². The van der Waals surface area contributed by atoms with Gasteiger partial charge in [0.05, 0.1) is 12.3 Å². The molecule has 1 aliphatic carbocycles. The number of hydrogen-bond donors (Lipinski definition) is 1. The molecule has 2 amide bonds. The first-order chi connectivity index (χ1) is 12.6. The van der Waals surface area contributed by atoms with Gasteiger partial charge in [-0.05, 0) is 19.3 Å². The number of hydrogen-bond acceptors (Lipinski definition) is 6. The van der Waals surface area contributed by atoms with Crippen LogP contribution in [-0.2, 0) is 27.2 Å². The SMILES string of the molecule is CCC(=O)N1CCN(c2nc3c(s2)C[C@@H](C(=O)NCCOC)CC3)CC1. The van der Waals surface area contributed by atoms with Crippen LogP contribution in [0.25, 0.3) is 0 Å². The molecule has 0 radical (unpaired) electrons. The number of anilines is 1. The molecule has 7 nitrogen and oxygen atoms in total. The molecule has 1 saturated heterocycles. The molecule has 1 atom stereocenters. The predicted octanol–water partition coefficient (Wildman–Crippen LogP) is 1.07. The second kappa shape index (κ2) is 8.81. The maximum atomic E-state index is 12.3. The zero-order chi connectivity index (χ0) is 18.5. The third-order valence-corrected chi connectivity index (χ3v) is 6.29. The van der Waals surface area contributed by atoms with Gasteiger partial charge in [0.25, 0.3) is 0 Å². The number of carbonyl (C=O) groups is 2. The molecule has 0 spiro atoms. The lowest BCUT2D eigenvalue weighted by molar-refractivity contribution is -0.131. The molecule has 0 saturated carbocycles. The molecule has 2 aliphatic rings. The average molecular weight is 381 g/mol. The summed E-state index contributed by atoms with van der Waals surface area (Å²) in [6, 6.07) is 0. The highest BCUT2D eigenvalue weighted by atomic mass is 32.1. The van der Waals surface area contributed by atoms with Crippen molar-refractivity contribution in [3.63, 3.8) is 0 Å². The number of nitrogens with zero attached hydrogens (tertiary/aromatic N) is 3. The number of rotatable bonds is 6. The van der Waals surface area contributed by atoms with E-state index >= 15 is 0 Å². The van der Waals surface area contributed by atoms with E-state index in [9.17, 15) is 9.59 Å². The van der Waals surface area contributed by atoms with Crippen LogP contribution in [-0.4, -0.2) is 68.1 Å². The van der Waals surface area contributed by atoms with Gasteiger partial charge in [-0.3, -0.25) is 9.59 Å². The number of fused-ring (bicyclic) bond motifs is 1. The number of nitrogens with one attached hydrogen (secondary N) is 1. The molecule has 1 fully saturated rings. The van der Waals surface area contributed by atoms with Crippen molar-refractivity contribution in [2.75, 3.05) is 51.3 Å². The van der Waals surface area contributed by atoms with Gasteiger partial charge in [0, 0.05) is 57.0 Å². The molecular weight excluding hydrogens is 352 g/mol. The fourth-order valence-electron chi connectivity index (χ4n) is 3.51. The van der Waals surface area contributed by atoms with E-state index < -0.39 is 0 Å². The van der Waals surface area contributed by atoms with Gasteiger partial charge in [0.1, 0.15) is 0 Å². The molecule has 1 aliphatic heterocycles. The van der Waals surface area contributed by atoms with Crippen molar-refractivity contribution in [3.05, 3.63) is 10.6 Å². The zero-order valence-electron chi connectivity index (χ0n) is 15.6. The Morgan fingerprint density at radius 1 is 1.31 bits per heavy atom. The van der Waals surface area contributed by atoms with Crippen LogP contribution in [0.5, 0.6) is 0 Å². The maximum absolute atomic E-state index is 12.3. The molecule has 8 heteroatoms. The van der Waals surface area contributed by atoms with Crippen molar-refractivity contribution in [1.29, 1.82) is 0 Å². The maximum Gasteiger partial charge on any atom is 0.223 e. The van der Waals surface area contributed by atoms with Crippen LogP contribution in [0.2, 0.25) is 0 Å². The smallest absolute Gasteiger partial charge is 0.223 e. The van der Waals surface area contributed by atoms with Crippen LogP contribution in [0.3, 0.4) is 0 Å². The summed E-state index contributed by atoms with van der Waals surface area (Å²) in [6.45, 7) is 6.21. The lowest BCUT2D eigenvalue weighted by Crippen LogP contribution is -2.48. The summed E-state index contributed by atoms with van der Waals surface area (Å²) in [5.74, 6) is 0.381. The van der Waals surface area contributed by atoms with Gasteiger partial charge in [-0.1, -0.05) is 6.92 Å². The van der Waals surface area contributed by atoms with Crippen LogP contribution in [0.15, 0.2) is 0 Å². The minimum atomic E-state index is 0.0340. The van der Waals surface area contributed by atoms with Crippen LogP contribution < -0.4 is 10.2 Å². The Labute approximate surface area is 158 Å². The summed E-state index contributed by atoms with van der Waals surface area (Å²) >= 11 is 1.71. The van der Waals surface area contributed by atoms with E-state index in [1.807, 2.05) is 11.8 Å². The monoisotopic (exact) mass is 380 g/mol. The summed E-state index contributed by atoms with van der Waals surface area (Å²) in [6.07, 6.45) is 3.07. The Morgan fingerprint density at radius 2 is 2.08 bits per heavy atom. The van der Waals surface area contributed by atoms with Crippen LogP contribution in [0, 0.1) is 5.92 Å². The van der Waals surface area contributed by atoms with Gasteiger partial charge in [-0.15, -0.1) is 11.3 Å². The van der Waals surface area contributed by atoms with Gasteiger partial charge >= 0.3 is 0 Å². The first kappa shape index (κ1) is 19.1. The Hall–Kier alpha value is -1.67. The number of methoxy groups -OCH3 is 1. The Kier molecular flexibility index (Phi) is 6.48. The minimum absolute atomic E-state index is 0.0340. The molecule has 1 aromatic rings. The van der Waals surface area contributed by atoms with Gasteiger partial charge in [-0.2, -0.15) is 0 Å². The summed E-state index contributed by atoms with van der Waals surface area (Å²) in [4.78, 5) is 34.4. The van der Waals surface area contributed by atoms with E-state index in [1.165, 1.54) is 4.88 Å². The fourth-order valence-corrected chi connectivity index (χ4v) is 4.75. The molecule has 1 N–H and O–H groups in total. The number of piperazine rings is 1. The summed E-state index contributed by atoms with van der Waals surface area (Å²) in [5.41, 5.74) is 1.15. The lowest BCUT2D eigenvalue weighted by atomic mass is 9.90. The van der Waals surface area contributed by atoms with Gasteiger partial charge < -0.3 is 19.9 Å². The van der Waals surface area contributed by atoms with E-state index in [2.05, 4.69) is 10.2 Å². The number of carbonyl (C=O) groups excluding carboxylic acids is 2. The van der Waals surface area contributed by atoms with Crippen molar-refractivity contribution in [1.82, 2.24) is 15.2 Å². The summed E-state index contributed by atoms with van der Waals surface area (Å²) in [7, 11) is 1.63. The van der Waals surface area contributed by atoms with Gasteiger partial charge in [0.2, 0.25) is 11.8 Å². The molecule has 3 rings (SSSR count). The second-order valence-corrected chi connectivity index (χ2v) is 7.87. The molecule has 0 unspecified atom stereocenters. The Morgan fingerprint density at radius 3 is 2.77 bits per heavy atom. The van der Waals surface area contributed by atoms with Crippen LogP contribution in [0.1, 0.15) is 30.3 Å². The predicted molar refractivity (Wildman–Crippen MR) is 102 cm³/mol. The minimum Gasteiger partial charge on any atom is -0.383 e. The third-order valence-electron chi connectivity index (χ3n) is 5.11. The summed E-state index contributed by atoms with van der Waals surface area (Å²) in [5, 5.41) is 3.99. The van der Waals surface area contributed by atoms with E-state index in [-0.39, 0.29) is 17.7 Å². The van der Waals surface area contributed by atoms with E-state index in [0.717, 1.165) is 56.3 Å². The lowest BCUT2D eigenvalue weighted by Gasteiger charge is -2.34. The first-order valence-corrected chi connectivity index (χ1v) is 10.2. The van der Waals surface area contributed by atoms with Crippen molar-refractivity contribution in [2.45, 2.75) is 32.6 Å². The average Bonchev–Trinajstić information content (AvgIpc) is 3.11. The normalized spacial score (nSPS) is 20.0. The zero-order valence-corrected chi connectivity index (χ0v) is 16.4. The topological polar surface area (TPSA) is 74.8 Å². The second-order valence-electron chi connectivity index (χ2n) is 6.81. The van der Waals surface area contributed by atoms with E-state index in [4.69, 9.17) is 9.72 Å². The van der Waals surface area contributed by atoms with Crippen LogP contribution in [0.4, 0.5) is 5.13 Å². The standard InChI is InChI=1S/C18H28N4O3S/c1-3-16(23)21-7-9-22(10-8-21)18-20-14-5-4-13(12-15(14)26-18)17(24)19-6-11-25-2/h13H,3-12H2,1-2H3,(H,19,24)/t13-/m0/s1. The number of ether oxygens (including phenoxy) is 1. The van der Waals surface area contributed by atoms with Gasteiger partial charge in [-0.25, -0.2) is 4.98 Å². The molecule has 0 aromatic carbocycles. The van der Waals surface area contributed by atoms with Crippen molar-refractivity contribution in [2.24, 2.45) is 5.92 Å². The highest BCUT2D eigenvalue weighted by Gasteiger charge is 2.29. The van der Waals surface area contributed by atoms with Gasteiger partial charge in [0.15, 0.2) is 5.13 Å². The van der Waals surface area contributed by atoms with Crippen molar-refractivity contribution in [3.8, 4) is 0 Å². The number of thiazole rings is 1. The molecular formula is C18H28N4O3S. The number of aromatic nitrogens is 1. The molecule has 2 heterocycles. The molecule has 26 heavy (non-hydrogen) atoms. The summed E-state index contributed by atoms with van der Waals surface area (Å²) < 4.78 is 4.98. The van der Waals surface area contributed by atoms with Crippen molar-refractivity contribution < 1.29 is 14.3 Å². The van der Waals surface area contributed by atoms with E-state index in [0.29, 0.717) is 19.6 Å². The highest BCUT2D eigenvalue weighted by Crippen LogP contribution is 2.34. The Balaban J connectivity index is 1.56. The molecule has 1 aromatic heterocycles. The van der Waals surface area contributed by atoms with Crippen molar-refractivity contribution >= 4 is 28.3 Å².